The second kappa shape index (κ2) is 0.740. The van der Waals surface area contributed by atoms with Gasteiger partial charge < -0.3 is 9.84 Å². The zero-order valence-electron chi connectivity index (χ0n) is 4.22. The van der Waals surface area contributed by atoms with Gasteiger partial charge in [0.05, 0.1) is 18.3 Å². The van der Waals surface area contributed by atoms with Crippen LogP contribution in [0.5, 0.6) is 0 Å². The van der Waals surface area contributed by atoms with E-state index in [2.05, 4.69) is 0 Å². The first-order valence-electron chi connectivity index (χ1n) is 2.57. The molecule has 3 atom stereocenters. The zero-order valence-corrected chi connectivity index (χ0v) is 4.22. The molecule has 2 rings (SSSR count). The van der Waals surface area contributed by atoms with Crippen LogP contribution < -0.4 is 0 Å². The molecule has 1 heterocycles. The number of fused-ring (bicyclic) bond motifs is 1. The Morgan fingerprint density at radius 3 is 2.43 bits per heavy atom. The number of ether oxygens (including phenoxy) is 1. The van der Waals surface area contributed by atoms with Crippen molar-refractivity contribution in [2.45, 2.75) is 18.6 Å². The highest BCUT2D eigenvalue weighted by molar-refractivity contribution is 5.16. The summed E-state index contributed by atoms with van der Waals surface area (Å²) >= 11 is 0. The minimum absolute atomic E-state index is 0.201. The van der Waals surface area contributed by atoms with Gasteiger partial charge in [0.15, 0.2) is 0 Å². The normalized spacial score (nSPS) is 66.0. The summed E-state index contributed by atoms with van der Waals surface area (Å²) < 4.78 is 4.97. The lowest BCUT2D eigenvalue weighted by Crippen LogP contribution is -2.12. The molecular weight excluding hydrogens is 92.1 g/mol. The van der Waals surface area contributed by atoms with Gasteiger partial charge in [-0.15, -0.1) is 0 Å². The Morgan fingerprint density at radius 1 is 1.86 bits per heavy atom. The van der Waals surface area contributed by atoms with Gasteiger partial charge in [-0.05, 0) is 6.92 Å². The van der Waals surface area contributed by atoms with Crippen LogP contribution in [0.2, 0.25) is 0 Å². The van der Waals surface area contributed by atoms with Gasteiger partial charge in [-0.2, -0.15) is 0 Å². The fourth-order valence-electron chi connectivity index (χ4n) is 1.17. The molecule has 2 nitrogen and oxygen atoms in total. The van der Waals surface area contributed by atoms with E-state index in [0.717, 1.165) is 6.61 Å². The fraction of sp³-hybridized carbons (Fsp3) is 1.00. The molecule has 0 aromatic carbocycles. The lowest BCUT2D eigenvalue weighted by atomic mass is 10.3. The highest BCUT2D eigenvalue weighted by Gasteiger charge is 2.68. The third kappa shape index (κ3) is 0.254. The summed E-state index contributed by atoms with van der Waals surface area (Å²) in [4.78, 5) is 0. The van der Waals surface area contributed by atoms with E-state index in [1.807, 2.05) is 6.92 Å². The Kier molecular flexibility index (Phi) is 0.408. The van der Waals surface area contributed by atoms with Gasteiger partial charge in [-0.3, -0.25) is 0 Å². The standard InChI is InChI=1S/C5H8O2/c1-5(6)3-2-7-4(3)5/h3-4,6H,2H2,1H3. The van der Waals surface area contributed by atoms with E-state index in [1.54, 1.807) is 0 Å². The minimum atomic E-state index is -0.444. The van der Waals surface area contributed by atoms with Crippen molar-refractivity contribution in [1.29, 1.82) is 0 Å². The molecule has 1 saturated heterocycles. The van der Waals surface area contributed by atoms with Crippen molar-refractivity contribution >= 4 is 0 Å². The highest BCUT2D eigenvalue weighted by Crippen LogP contribution is 2.53. The van der Waals surface area contributed by atoms with Gasteiger partial charge in [-0.1, -0.05) is 0 Å². The maximum absolute atomic E-state index is 9.11. The van der Waals surface area contributed by atoms with Gasteiger partial charge in [-0.25, -0.2) is 0 Å². The van der Waals surface area contributed by atoms with Crippen LogP contribution in [-0.2, 0) is 4.74 Å². The lowest BCUT2D eigenvalue weighted by Gasteiger charge is -2.06. The molecule has 0 amide bonds. The molecule has 3 unspecified atom stereocenters. The molecule has 2 heteroatoms. The summed E-state index contributed by atoms with van der Waals surface area (Å²) in [5.74, 6) is 0.479. The summed E-state index contributed by atoms with van der Waals surface area (Å²) in [5, 5.41) is 9.11. The van der Waals surface area contributed by atoms with E-state index in [4.69, 9.17) is 9.84 Å². The SMILES string of the molecule is CC1(O)C2COC21. The summed E-state index contributed by atoms with van der Waals surface area (Å²) in [6.45, 7) is 2.60. The van der Waals surface area contributed by atoms with Crippen molar-refractivity contribution in [3.63, 3.8) is 0 Å². The third-order valence-electron chi connectivity index (χ3n) is 2.04. The van der Waals surface area contributed by atoms with Crippen molar-refractivity contribution in [2.24, 2.45) is 5.92 Å². The lowest BCUT2D eigenvalue weighted by molar-refractivity contribution is 0.0151. The van der Waals surface area contributed by atoms with Crippen LogP contribution >= 0.6 is 0 Å². The predicted octanol–water partition coefficient (Wildman–Crippen LogP) is -0.234. The third-order valence-corrected chi connectivity index (χ3v) is 2.04. The summed E-state index contributed by atoms with van der Waals surface area (Å²) in [6, 6.07) is 0. The van der Waals surface area contributed by atoms with Gasteiger partial charge in [0.1, 0.15) is 0 Å². The second-order valence-electron chi connectivity index (χ2n) is 2.59. The Labute approximate surface area is 42.1 Å². The monoisotopic (exact) mass is 100 g/mol. The molecule has 1 aliphatic carbocycles. The molecule has 40 valence electrons. The number of rotatable bonds is 0. The van der Waals surface area contributed by atoms with Crippen LogP contribution in [0.1, 0.15) is 6.92 Å². The molecule has 1 aliphatic heterocycles. The van der Waals surface area contributed by atoms with Gasteiger partial charge in [0.2, 0.25) is 0 Å². The topological polar surface area (TPSA) is 29.5 Å². The molecular formula is C5H8O2. The molecule has 1 saturated carbocycles. The van der Waals surface area contributed by atoms with Crippen LogP contribution in [0.25, 0.3) is 0 Å². The van der Waals surface area contributed by atoms with Crippen LogP contribution in [0, 0.1) is 5.92 Å². The summed E-state index contributed by atoms with van der Waals surface area (Å²) in [7, 11) is 0. The minimum Gasteiger partial charge on any atom is -0.387 e. The summed E-state index contributed by atoms with van der Waals surface area (Å²) in [5.41, 5.74) is -0.444. The molecule has 0 bridgehead atoms. The number of hydrogen-bond donors (Lipinski definition) is 1. The largest absolute Gasteiger partial charge is 0.387 e. The van der Waals surface area contributed by atoms with Crippen LogP contribution in [0.3, 0.4) is 0 Å². The molecule has 0 spiro atoms. The maximum Gasteiger partial charge on any atom is 0.0960 e. The van der Waals surface area contributed by atoms with E-state index in [0.29, 0.717) is 5.92 Å². The molecule has 2 aliphatic rings. The van der Waals surface area contributed by atoms with E-state index in [-0.39, 0.29) is 6.10 Å². The number of hydrogen-bond acceptors (Lipinski definition) is 2. The van der Waals surface area contributed by atoms with Crippen molar-refractivity contribution in [1.82, 2.24) is 0 Å². The van der Waals surface area contributed by atoms with E-state index >= 15 is 0 Å². The quantitative estimate of drug-likeness (QED) is 0.455. The molecule has 1 N–H and O–H groups in total. The van der Waals surface area contributed by atoms with Crippen molar-refractivity contribution in [3.8, 4) is 0 Å². The zero-order chi connectivity index (χ0) is 5.07. The fourth-order valence-corrected chi connectivity index (χ4v) is 1.17. The van der Waals surface area contributed by atoms with Crippen LogP contribution in [0.15, 0.2) is 0 Å². The molecule has 0 radical (unpaired) electrons. The van der Waals surface area contributed by atoms with Crippen molar-refractivity contribution < 1.29 is 9.84 Å². The van der Waals surface area contributed by atoms with E-state index in [1.165, 1.54) is 0 Å². The Hall–Kier alpha value is -0.0800. The number of aliphatic hydroxyl groups is 1. The second-order valence-corrected chi connectivity index (χ2v) is 2.59. The van der Waals surface area contributed by atoms with Crippen molar-refractivity contribution in [3.05, 3.63) is 0 Å². The molecule has 7 heavy (non-hydrogen) atoms. The van der Waals surface area contributed by atoms with E-state index < -0.39 is 5.60 Å². The summed E-state index contributed by atoms with van der Waals surface area (Å²) in [6.07, 6.45) is 0.201. The first-order chi connectivity index (χ1) is 3.23. The highest BCUT2D eigenvalue weighted by atomic mass is 16.6. The predicted molar refractivity (Wildman–Crippen MR) is 23.9 cm³/mol. The van der Waals surface area contributed by atoms with E-state index in [9.17, 15) is 0 Å². The molecule has 0 aromatic heterocycles. The van der Waals surface area contributed by atoms with Crippen molar-refractivity contribution in [2.75, 3.05) is 6.61 Å². The molecule has 2 fully saturated rings. The maximum atomic E-state index is 9.11. The first kappa shape index (κ1) is 3.87. The van der Waals surface area contributed by atoms with Gasteiger partial charge in [0.25, 0.3) is 0 Å². The van der Waals surface area contributed by atoms with Gasteiger partial charge >= 0.3 is 0 Å². The Bertz CT molecular complexity index is 96.6. The van der Waals surface area contributed by atoms with Crippen LogP contribution in [0.4, 0.5) is 0 Å². The Balaban J connectivity index is 2.18. The Morgan fingerprint density at radius 2 is 2.43 bits per heavy atom. The van der Waals surface area contributed by atoms with Gasteiger partial charge in [0, 0.05) is 5.92 Å². The van der Waals surface area contributed by atoms with Crippen LogP contribution in [-0.4, -0.2) is 23.4 Å². The first-order valence-corrected chi connectivity index (χ1v) is 2.57. The smallest absolute Gasteiger partial charge is 0.0960 e. The molecule has 0 aromatic rings. The average Bonchev–Trinajstić information content (AvgIpc) is 1.52. The average molecular weight is 100 g/mol.